The van der Waals surface area contributed by atoms with Crippen LogP contribution >= 0.6 is 0 Å². The van der Waals surface area contributed by atoms with Crippen molar-refractivity contribution < 1.29 is 14.3 Å². The summed E-state index contributed by atoms with van der Waals surface area (Å²) in [6, 6.07) is 11.1. The van der Waals surface area contributed by atoms with E-state index in [1.54, 1.807) is 43.4 Å². The van der Waals surface area contributed by atoms with Gasteiger partial charge in [-0.15, -0.1) is 0 Å². The number of hydrogen-bond acceptors (Lipinski definition) is 6. The molecule has 9 nitrogen and oxygen atoms in total. The van der Waals surface area contributed by atoms with E-state index in [1.807, 2.05) is 65.2 Å². The van der Waals surface area contributed by atoms with Crippen LogP contribution in [0.2, 0.25) is 0 Å². The van der Waals surface area contributed by atoms with Gasteiger partial charge in [0, 0.05) is 32.2 Å². The van der Waals surface area contributed by atoms with Gasteiger partial charge in [0.1, 0.15) is 11.3 Å². The first-order valence-electron chi connectivity index (χ1n) is 11.1. The van der Waals surface area contributed by atoms with Gasteiger partial charge in [0.05, 0.1) is 5.69 Å². The molecule has 2 heterocycles. The van der Waals surface area contributed by atoms with E-state index in [9.17, 15) is 9.59 Å². The molecule has 0 saturated heterocycles. The first-order chi connectivity index (χ1) is 15.7. The molecule has 182 valence electrons. The van der Waals surface area contributed by atoms with E-state index in [1.165, 1.54) is 4.68 Å². The van der Waals surface area contributed by atoms with E-state index in [2.05, 4.69) is 15.4 Å². The summed E-state index contributed by atoms with van der Waals surface area (Å²) in [5.74, 6) is -0.418. The molecule has 0 aliphatic rings. The molecular weight excluding hydrogens is 432 g/mol. The summed E-state index contributed by atoms with van der Waals surface area (Å²) in [6.07, 6.45) is 0. The summed E-state index contributed by atoms with van der Waals surface area (Å²) in [6.45, 7) is 11.5. The summed E-state index contributed by atoms with van der Waals surface area (Å²) in [5, 5.41) is 7.30. The lowest BCUT2D eigenvalue weighted by Gasteiger charge is -2.21. The fourth-order valence-corrected chi connectivity index (χ4v) is 3.35. The van der Waals surface area contributed by atoms with Crippen LogP contribution in [0.15, 0.2) is 36.4 Å². The molecule has 0 radical (unpaired) electrons. The molecule has 3 rings (SSSR count). The number of anilines is 2. The van der Waals surface area contributed by atoms with Crippen LogP contribution in [0.4, 0.5) is 11.8 Å². The molecule has 9 heteroatoms. The maximum atomic E-state index is 13.4. The van der Waals surface area contributed by atoms with Crippen LogP contribution in [0.5, 0.6) is 0 Å². The quantitative estimate of drug-likeness (QED) is 0.567. The lowest BCUT2D eigenvalue weighted by molar-refractivity contribution is 0.00619. The second-order valence-corrected chi connectivity index (χ2v) is 10.4. The van der Waals surface area contributed by atoms with E-state index >= 15 is 0 Å². The second-order valence-electron chi connectivity index (χ2n) is 10.4. The first-order valence-corrected chi connectivity index (χ1v) is 11.1. The van der Waals surface area contributed by atoms with Crippen molar-refractivity contribution in [3.8, 4) is 5.69 Å². The van der Waals surface area contributed by atoms with Crippen LogP contribution < -0.4 is 10.2 Å². The molecule has 0 fully saturated rings. The minimum absolute atomic E-state index is 0.116. The molecule has 2 aromatic heterocycles. The smallest absolute Gasteiger partial charge is 0.359 e. The number of rotatable bonds is 5. The Morgan fingerprint density at radius 1 is 1.03 bits per heavy atom. The van der Waals surface area contributed by atoms with Crippen LogP contribution in [0, 0.1) is 0 Å². The topological polar surface area (TPSA) is 94.3 Å². The summed E-state index contributed by atoms with van der Waals surface area (Å²) >= 11 is 0. The van der Waals surface area contributed by atoms with Gasteiger partial charge in [-0.3, -0.25) is 14.0 Å². The molecule has 34 heavy (non-hydrogen) atoms. The highest BCUT2D eigenvalue weighted by Crippen LogP contribution is 2.30. The number of imidazole rings is 1. The van der Waals surface area contributed by atoms with Crippen molar-refractivity contribution in [1.82, 2.24) is 19.3 Å². The van der Waals surface area contributed by atoms with E-state index < -0.39 is 17.5 Å². The molecule has 0 spiro atoms. The molecule has 0 atom stereocenters. The number of carbonyl (C=O) groups is 2. The van der Waals surface area contributed by atoms with Crippen molar-refractivity contribution in [2.24, 2.45) is 7.05 Å². The summed E-state index contributed by atoms with van der Waals surface area (Å²) in [7, 11) is 5.36. The van der Waals surface area contributed by atoms with Crippen LogP contribution in [-0.4, -0.2) is 50.9 Å². The monoisotopic (exact) mass is 466 g/mol. The van der Waals surface area contributed by atoms with Gasteiger partial charge in [0.2, 0.25) is 5.95 Å². The Hall–Kier alpha value is -3.62. The fourth-order valence-electron chi connectivity index (χ4n) is 3.35. The van der Waals surface area contributed by atoms with Crippen LogP contribution in [0.3, 0.4) is 0 Å². The standard InChI is InChI=1S/C25H34N6O3/c1-24(2,3)18-15-17(30(9)28-18)21(32)26-20-19(22(33)34-25(4,5)6)31(23(27-20)29(7)8)16-13-11-10-12-14-16/h10-15H,1-9H3,(H,26,32). The lowest BCUT2D eigenvalue weighted by Crippen LogP contribution is -2.27. The Bertz CT molecular complexity index is 1190. The molecule has 0 saturated carbocycles. The largest absolute Gasteiger partial charge is 0.455 e. The molecule has 0 aliphatic carbocycles. The van der Waals surface area contributed by atoms with Crippen molar-refractivity contribution in [1.29, 1.82) is 0 Å². The van der Waals surface area contributed by atoms with Gasteiger partial charge >= 0.3 is 5.97 Å². The number of benzene rings is 1. The predicted molar refractivity (Wildman–Crippen MR) is 133 cm³/mol. The highest BCUT2D eigenvalue weighted by atomic mass is 16.6. The average molecular weight is 467 g/mol. The Kier molecular flexibility index (Phi) is 6.59. The Morgan fingerprint density at radius 3 is 2.15 bits per heavy atom. The van der Waals surface area contributed by atoms with Gasteiger partial charge in [-0.2, -0.15) is 10.1 Å². The number of aryl methyl sites for hydroxylation is 1. The SMILES string of the molecule is CN(C)c1nc(NC(=O)c2cc(C(C)(C)C)nn2C)c(C(=O)OC(C)(C)C)n1-c1ccccc1. The van der Waals surface area contributed by atoms with Crippen molar-refractivity contribution in [2.45, 2.75) is 52.6 Å². The number of ether oxygens (including phenoxy) is 1. The third-order valence-electron chi connectivity index (χ3n) is 4.98. The third-order valence-corrected chi connectivity index (χ3v) is 4.98. The van der Waals surface area contributed by atoms with Gasteiger partial charge < -0.3 is 15.0 Å². The number of carbonyl (C=O) groups excluding carboxylic acids is 2. The fraction of sp³-hybridized carbons (Fsp3) is 0.440. The van der Waals surface area contributed by atoms with E-state index in [0.717, 1.165) is 11.4 Å². The molecule has 1 N–H and O–H groups in total. The minimum atomic E-state index is -0.730. The number of para-hydroxylation sites is 1. The Balaban J connectivity index is 2.14. The molecule has 0 unspecified atom stereocenters. The maximum absolute atomic E-state index is 13.4. The van der Waals surface area contributed by atoms with Crippen molar-refractivity contribution in [3.05, 3.63) is 53.5 Å². The second kappa shape index (κ2) is 8.96. The molecule has 1 aromatic carbocycles. The molecule has 0 aliphatic heterocycles. The Morgan fingerprint density at radius 2 is 1.65 bits per heavy atom. The van der Waals surface area contributed by atoms with Gasteiger partial charge in [-0.1, -0.05) is 39.0 Å². The van der Waals surface area contributed by atoms with Gasteiger partial charge in [-0.05, 0) is 39.0 Å². The van der Waals surface area contributed by atoms with Crippen LogP contribution in [-0.2, 0) is 17.2 Å². The zero-order valence-corrected chi connectivity index (χ0v) is 21.4. The lowest BCUT2D eigenvalue weighted by atomic mass is 9.92. The predicted octanol–water partition coefficient (Wildman–Crippen LogP) is 4.18. The normalized spacial score (nSPS) is 11.9. The number of nitrogens with one attached hydrogen (secondary N) is 1. The summed E-state index contributed by atoms with van der Waals surface area (Å²) in [4.78, 5) is 33.0. The molecule has 0 bridgehead atoms. The van der Waals surface area contributed by atoms with Gasteiger partial charge in [0.15, 0.2) is 11.5 Å². The third kappa shape index (κ3) is 5.30. The van der Waals surface area contributed by atoms with Crippen molar-refractivity contribution >= 4 is 23.6 Å². The zero-order valence-electron chi connectivity index (χ0n) is 21.4. The van der Waals surface area contributed by atoms with Crippen LogP contribution in [0.25, 0.3) is 5.69 Å². The van der Waals surface area contributed by atoms with Crippen molar-refractivity contribution in [2.75, 3.05) is 24.3 Å². The summed E-state index contributed by atoms with van der Waals surface area (Å²) in [5.41, 5.74) is 1.06. The molecular formula is C25H34N6O3. The Labute approximate surface area is 200 Å². The zero-order chi connectivity index (χ0) is 25.4. The number of nitrogens with zero attached hydrogens (tertiary/aromatic N) is 5. The average Bonchev–Trinajstić information content (AvgIpc) is 3.28. The van der Waals surface area contributed by atoms with Crippen molar-refractivity contribution in [3.63, 3.8) is 0 Å². The van der Waals surface area contributed by atoms with E-state index in [4.69, 9.17) is 4.74 Å². The molecule has 3 aromatic rings. The first kappa shape index (κ1) is 25.0. The maximum Gasteiger partial charge on any atom is 0.359 e. The highest BCUT2D eigenvalue weighted by molar-refractivity contribution is 6.06. The van der Waals surface area contributed by atoms with Gasteiger partial charge in [-0.25, -0.2) is 4.79 Å². The number of esters is 1. The number of aromatic nitrogens is 4. The van der Waals surface area contributed by atoms with Crippen LogP contribution in [0.1, 0.15) is 68.2 Å². The number of amides is 1. The summed E-state index contributed by atoms with van der Waals surface area (Å²) < 4.78 is 8.91. The number of hydrogen-bond donors (Lipinski definition) is 1. The molecule has 1 amide bonds. The minimum Gasteiger partial charge on any atom is -0.455 e. The highest BCUT2D eigenvalue weighted by Gasteiger charge is 2.31. The van der Waals surface area contributed by atoms with E-state index in [0.29, 0.717) is 11.6 Å². The van der Waals surface area contributed by atoms with Gasteiger partial charge in [0.25, 0.3) is 5.91 Å². The van der Waals surface area contributed by atoms with E-state index in [-0.39, 0.29) is 16.9 Å².